The number of aromatic nitrogens is 1. The summed E-state index contributed by atoms with van der Waals surface area (Å²) in [5, 5.41) is 3.75. The molecule has 2 aromatic rings. The fourth-order valence-electron chi connectivity index (χ4n) is 2.31. The fourth-order valence-corrected chi connectivity index (χ4v) is 2.31. The number of rotatable bonds is 6. The van der Waals surface area contributed by atoms with E-state index in [9.17, 15) is 4.79 Å². The SMILES string of the molecule is C#CCN(C)Cc1ccc(NC(=O)OCCC)c2ncccc12. The number of fused-ring (bicyclic) bond motifs is 1. The largest absolute Gasteiger partial charge is 0.449 e. The standard InChI is InChI=1S/C18H21N3O2/c1-4-11-21(3)13-14-8-9-16(20-18(22)23-12-5-2)17-15(14)7-6-10-19-17/h1,6-10H,5,11-13H2,2-3H3,(H,20,22). The molecule has 120 valence electrons. The minimum Gasteiger partial charge on any atom is -0.449 e. The van der Waals surface area contributed by atoms with Crippen molar-refractivity contribution in [1.82, 2.24) is 9.88 Å². The number of anilines is 1. The van der Waals surface area contributed by atoms with Gasteiger partial charge in [-0.25, -0.2) is 4.79 Å². The number of pyridine rings is 1. The van der Waals surface area contributed by atoms with Crippen LogP contribution in [0.4, 0.5) is 10.5 Å². The minimum absolute atomic E-state index is 0.395. The van der Waals surface area contributed by atoms with Gasteiger partial charge in [0.05, 0.1) is 24.4 Å². The van der Waals surface area contributed by atoms with Crippen molar-refractivity contribution in [3.8, 4) is 12.3 Å². The van der Waals surface area contributed by atoms with Gasteiger partial charge in [-0.3, -0.25) is 15.2 Å². The predicted molar refractivity (Wildman–Crippen MR) is 92.2 cm³/mol. The Kier molecular flexibility index (Phi) is 5.95. The second-order valence-electron chi connectivity index (χ2n) is 5.31. The molecule has 0 atom stereocenters. The molecule has 1 N–H and O–H groups in total. The zero-order chi connectivity index (χ0) is 16.7. The molecule has 5 nitrogen and oxygen atoms in total. The summed E-state index contributed by atoms with van der Waals surface area (Å²) in [5.41, 5.74) is 2.50. The first-order chi connectivity index (χ1) is 11.2. The Morgan fingerprint density at radius 3 is 3.00 bits per heavy atom. The highest BCUT2D eigenvalue weighted by Crippen LogP contribution is 2.25. The molecular weight excluding hydrogens is 290 g/mol. The molecule has 1 aromatic carbocycles. The quantitative estimate of drug-likeness (QED) is 0.832. The van der Waals surface area contributed by atoms with Crippen LogP contribution in [0.3, 0.4) is 0 Å². The molecule has 1 amide bonds. The summed E-state index contributed by atoms with van der Waals surface area (Å²) in [7, 11) is 1.97. The topological polar surface area (TPSA) is 54.5 Å². The van der Waals surface area contributed by atoms with Crippen molar-refractivity contribution in [2.75, 3.05) is 25.5 Å². The monoisotopic (exact) mass is 311 g/mol. The van der Waals surface area contributed by atoms with E-state index in [1.807, 2.05) is 43.1 Å². The number of hydrogen-bond donors (Lipinski definition) is 1. The molecule has 1 aromatic heterocycles. The van der Waals surface area contributed by atoms with Crippen LogP contribution in [0.2, 0.25) is 0 Å². The summed E-state index contributed by atoms with van der Waals surface area (Å²) >= 11 is 0. The van der Waals surface area contributed by atoms with Crippen molar-refractivity contribution >= 4 is 22.7 Å². The number of benzene rings is 1. The first-order valence-corrected chi connectivity index (χ1v) is 7.58. The number of amides is 1. The molecule has 0 bridgehead atoms. The van der Waals surface area contributed by atoms with Gasteiger partial charge < -0.3 is 4.74 Å². The van der Waals surface area contributed by atoms with Crippen LogP contribution >= 0.6 is 0 Å². The van der Waals surface area contributed by atoms with Crippen LogP contribution in [0.1, 0.15) is 18.9 Å². The van der Waals surface area contributed by atoms with Crippen molar-refractivity contribution in [1.29, 1.82) is 0 Å². The van der Waals surface area contributed by atoms with Gasteiger partial charge in [-0.1, -0.05) is 25.0 Å². The van der Waals surface area contributed by atoms with Gasteiger partial charge in [-0.05, 0) is 31.2 Å². The summed E-state index contributed by atoms with van der Waals surface area (Å²) in [6.07, 6.45) is 7.38. The van der Waals surface area contributed by atoms with Crippen molar-refractivity contribution in [2.24, 2.45) is 0 Å². The molecule has 0 radical (unpaired) electrons. The Balaban J connectivity index is 2.28. The smallest absolute Gasteiger partial charge is 0.411 e. The summed E-state index contributed by atoms with van der Waals surface area (Å²) in [6, 6.07) is 7.70. The van der Waals surface area contributed by atoms with Gasteiger partial charge in [0.25, 0.3) is 0 Å². The number of carbonyl (C=O) groups is 1. The van der Waals surface area contributed by atoms with Crippen molar-refractivity contribution < 1.29 is 9.53 Å². The normalized spacial score (nSPS) is 10.5. The fraction of sp³-hybridized carbons (Fsp3) is 0.333. The number of terminal acetylenes is 1. The number of hydrogen-bond acceptors (Lipinski definition) is 4. The molecule has 5 heteroatoms. The molecule has 0 aliphatic rings. The van der Waals surface area contributed by atoms with Gasteiger partial charge in [0, 0.05) is 18.1 Å². The highest BCUT2D eigenvalue weighted by molar-refractivity contribution is 5.99. The third-order valence-corrected chi connectivity index (χ3v) is 3.34. The number of carbonyl (C=O) groups excluding carboxylic acids is 1. The number of ether oxygens (including phenoxy) is 1. The van der Waals surface area contributed by atoms with E-state index in [4.69, 9.17) is 11.2 Å². The van der Waals surface area contributed by atoms with Gasteiger partial charge in [-0.15, -0.1) is 6.42 Å². The zero-order valence-corrected chi connectivity index (χ0v) is 13.5. The van der Waals surface area contributed by atoms with Gasteiger partial charge in [-0.2, -0.15) is 0 Å². The van der Waals surface area contributed by atoms with Crippen molar-refractivity contribution in [3.63, 3.8) is 0 Å². The average molecular weight is 311 g/mol. The Labute approximate surface area is 136 Å². The van der Waals surface area contributed by atoms with E-state index in [-0.39, 0.29) is 0 Å². The van der Waals surface area contributed by atoms with Crippen molar-refractivity contribution in [3.05, 3.63) is 36.0 Å². The summed E-state index contributed by atoms with van der Waals surface area (Å²) in [5.74, 6) is 2.63. The lowest BCUT2D eigenvalue weighted by Gasteiger charge is -2.16. The maximum atomic E-state index is 11.8. The molecule has 0 aliphatic heterocycles. The minimum atomic E-state index is -0.462. The molecule has 1 heterocycles. The maximum absolute atomic E-state index is 11.8. The molecule has 0 spiro atoms. The second-order valence-corrected chi connectivity index (χ2v) is 5.31. The van der Waals surface area contributed by atoms with E-state index in [0.29, 0.717) is 25.4 Å². The molecule has 23 heavy (non-hydrogen) atoms. The third-order valence-electron chi connectivity index (χ3n) is 3.34. The predicted octanol–water partition coefficient (Wildman–Crippen LogP) is 3.26. The average Bonchev–Trinajstić information content (AvgIpc) is 2.55. The zero-order valence-electron chi connectivity index (χ0n) is 13.5. The Bertz CT molecular complexity index is 722. The van der Waals surface area contributed by atoms with E-state index >= 15 is 0 Å². The third kappa shape index (κ3) is 4.44. The molecule has 0 unspecified atom stereocenters. The second kappa shape index (κ2) is 8.16. The van der Waals surface area contributed by atoms with E-state index < -0.39 is 6.09 Å². The van der Waals surface area contributed by atoms with E-state index in [2.05, 4.69) is 16.2 Å². The van der Waals surface area contributed by atoms with Crippen LogP contribution in [-0.4, -0.2) is 36.2 Å². The van der Waals surface area contributed by atoms with Gasteiger partial charge in [0.2, 0.25) is 0 Å². The van der Waals surface area contributed by atoms with Crippen LogP contribution in [0.15, 0.2) is 30.5 Å². The van der Waals surface area contributed by atoms with Crippen LogP contribution < -0.4 is 5.32 Å². The van der Waals surface area contributed by atoms with E-state index in [1.54, 1.807) is 6.20 Å². The molecular formula is C18H21N3O2. The summed E-state index contributed by atoms with van der Waals surface area (Å²) in [4.78, 5) is 18.2. The summed E-state index contributed by atoms with van der Waals surface area (Å²) in [6.45, 7) is 3.63. The van der Waals surface area contributed by atoms with Crippen LogP contribution in [-0.2, 0) is 11.3 Å². The number of nitrogens with one attached hydrogen (secondary N) is 1. The van der Waals surface area contributed by atoms with Crippen LogP contribution in [0.5, 0.6) is 0 Å². The molecule has 0 aliphatic carbocycles. The van der Waals surface area contributed by atoms with Crippen LogP contribution in [0, 0.1) is 12.3 Å². The first kappa shape index (κ1) is 16.8. The van der Waals surface area contributed by atoms with E-state index in [1.165, 1.54) is 0 Å². The highest BCUT2D eigenvalue weighted by Gasteiger charge is 2.11. The summed E-state index contributed by atoms with van der Waals surface area (Å²) < 4.78 is 5.06. The Morgan fingerprint density at radius 2 is 2.26 bits per heavy atom. The van der Waals surface area contributed by atoms with Crippen molar-refractivity contribution in [2.45, 2.75) is 19.9 Å². The highest BCUT2D eigenvalue weighted by atomic mass is 16.5. The lowest BCUT2D eigenvalue weighted by atomic mass is 10.1. The Morgan fingerprint density at radius 1 is 1.43 bits per heavy atom. The molecule has 2 rings (SSSR count). The maximum Gasteiger partial charge on any atom is 0.411 e. The van der Waals surface area contributed by atoms with Crippen LogP contribution in [0.25, 0.3) is 10.9 Å². The van der Waals surface area contributed by atoms with Gasteiger partial charge >= 0.3 is 6.09 Å². The Hall–Kier alpha value is -2.58. The van der Waals surface area contributed by atoms with E-state index in [0.717, 1.165) is 22.9 Å². The lowest BCUT2D eigenvalue weighted by molar-refractivity contribution is 0.162. The molecule has 0 saturated carbocycles. The molecule has 0 fully saturated rings. The lowest BCUT2D eigenvalue weighted by Crippen LogP contribution is -2.18. The first-order valence-electron chi connectivity index (χ1n) is 7.58. The van der Waals surface area contributed by atoms with Gasteiger partial charge in [0.15, 0.2) is 0 Å². The van der Waals surface area contributed by atoms with Gasteiger partial charge in [0.1, 0.15) is 0 Å². The number of nitrogens with zero attached hydrogens (tertiary/aromatic N) is 2. The molecule has 0 saturated heterocycles.